The van der Waals surface area contributed by atoms with Gasteiger partial charge in [0.2, 0.25) is 5.91 Å². The largest absolute Gasteiger partial charge is 0.360 e. The fourth-order valence-electron chi connectivity index (χ4n) is 2.56. The van der Waals surface area contributed by atoms with Crippen molar-refractivity contribution in [3.05, 3.63) is 65.7 Å². The van der Waals surface area contributed by atoms with Crippen molar-refractivity contribution in [1.82, 2.24) is 10.6 Å². The predicted molar refractivity (Wildman–Crippen MR) is 89.3 cm³/mol. The summed E-state index contributed by atoms with van der Waals surface area (Å²) in [6, 6.07) is 17.1. The van der Waals surface area contributed by atoms with Crippen LogP contribution in [-0.2, 0) is 11.3 Å². The van der Waals surface area contributed by atoms with Crippen molar-refractivity contribution in [2.75, 3.05) is 24.5 Å². The first kappa shape index (κ1) is 15.1. The van der Waals surface area contributed by atoms with E-state index in [1.807, 2.05) is 47.4 Å². The third-order valence-corrected chi connectivity index (χ3v) is 3.83. The van der Waals surface area contributed by atoms with Crippen LogP contribution in [0.3, 0.4) is 0 Å². The Balaban J connectivity index is 1.57. The first-order valence-corrected chi connectivity index (χ1v) is 7.66. The van der Waals surface area contributed by atoms with Gasteiger partial charge in [-0.05, 0) is 29.8 Å². The van der Waals surface area contributed by atoms with Crippen molar-refractivity contribution in [3.63, 3.8) is 0 Å². The molecular formula is C18H19N3O2. The normalized spacial score (nSPS) is 14.3. The predicted octanol–water partition coefficient (Wildman–Crippen LogP) is 1.55. The molecule has 2 amide bonds. The molecule has 0 atom stereocenters. The van der Waals surface area contributed by atoms with E-state index in [0.29, 0.717) is 25.2 Å². The van der Waals surface area contributed by atoms with Gasteiger partial charge in [0.25, 0.3) is 5.91 Å². The standard InChI is InChI=1S/C18H19N3O2/c22-17-13-21(11-10-19-17)16-8-6-14(7-9-16)12-20-18(23)15-4-2-1-3-5-15/h1-9H,10-13H2,(H,19,22)(H,20,23). The molecule has 5 nitrogen and oxygen atoms in total. The zero-order chi connectivity index (χ0) is 16.1. The van der Waals surface area contributed by atoms with Gasteiger partial charge in [-0.2, -0.15) is 0 Å². The van der Waals surface area contributed by atoms with Gasteiger partial charge in [0.1, 0.15) is 0 Å². The fourth-order valence-corrected chi connectivity index (χ4v) is 2.56. The van der Waals surface area contributed by atoms with Crippen LogP contribution < -0.4 is 15.5 Å². The minimum atomic E-state index is -0.0811. The second kappa shape index (κ2) is 6.96. The minimum Gasteiger partial charge on any atom is -0.360 e. The molecule has 0 saturated carbocycles. The highest BCUT2D eigenvalue weighted by molar-refractivity contribution is 5.94. The molecule has 1 saturated heterocycles. The number of hydrogen-bond acceptors (Lipinski definition) is 3. The molecule has 3 rings (SSSR count). The van der Waals surface area contributed by atoms with E-state index in [1.165, 1.54) is 0 Å². The van der Waals surface area contributed by atoms with Crippen molar-refractivity contribution in [2.45, 2.75) is 6.54 Å². The lowest BCUT2D eigenvalue weighted by Gasteiger charge is -2.28. The first-order valence-electron chi connectivity index (χ1n) is 7.66. The molecule has 1 fully saturated rings. The SMILES string of the molecule is O=C1CN(c2ccc(CNC(=O)c3ccccc3)cc2)CCN1. The Morgan fingerprint density at radius 3 is 2.52 bits per heavy atom. The highest BCUT2D eigenvalue weighted by atomic mass is 16.2. The topological polar surface area (TPSA) is 61.4 Å². The molecule has 0 aliphatic carbocycles. The van der Waals surface area contributed by atoms with E-state index in [9.17, 15) is 9.59 Å². The third-order valence-electron chi connectivity index (χ3n) is 3.83. The number of carbonyl (C=O) groups is 2. The molecule has 0 radical (unpaired) electrons. The number of piperazine rings is 1. The summed E-state index contributed by atoms with van der Waals surface area (Å²) in [7, 11) is 0. The molecule has 0 spiro atoms. The van der Waals surface area contributed by atoms with Crippen LogP contribution in [0.25, 0.3) is 0 Å². The van der Waals surface area contributed by atoms with Crippen LogP contribution in [0, 0.1) is 0 Å². The summed E-state index contributed by atoms with van der Waals surface area (Å²) in [5.74, 6) is -0.0298. The van der Waals surface area contributed by atoms with Crippen LogP contribution in [-0.4, -0.2) is 31.4 Å². The van der Waals surface area contributed by atoms with Crippen molar-refractivity contribution in [3.8, 4) is 0 Å². The van der Waals surface area contributed by atoms with Crippen molar-refractivity contribution >= 4 is 17.5 Å². The summed E-state index contributed by atoms with van der Waals surface area (Å²) in [5.41, 5.74) is 2.71. The van der Waals surface area contributed by atoms with E-state index < -0.39 is 0 Å². The van der Waals surface area contributed by atoms with Gasteiger partial charge in [-0.3, -0.25) is 9.59 Å². The number of nitrogens with zero attached hydrogens (tertiary/aromatic N) is 1. The van der Waals surface area contributed by atoms with Crippen LogP contribution in [0.5, 0.6) is 0 Å². The number of amides is 2. The second-order valence-corrected chi connectivity index (χ2v) is 5.49. The van der Waals surface area contributed by atoms with Crippen molar-refractivity contribution in [2.24, 2.45) is 0 Å². The van der Waals surface area contributed by atoms with Crippen LogP contribution in [0.4, 0.5) is 5.69 Å². The van der Waals surface area contributed by atoms with E-state index >= 15 is 0 Å². The summed E-state index contributed by atoms with van der Waals surface area (Å²) in [6.07, 6.45) is 0. The molecule has 1 aliphatic heterocycles. The number of anilines is 1. The van der Waals surface area contributed by atoms with Gasteiger partial charge in [0, 0.05) is 30.9 Å². The Labute approximate surface area is 135 Å². The van der Waals surface area contributed by atoms with Crippen LogP contribution in [0.15, 0.2) is 54.6 Å². The third kappa shape index (κ3) is 3.88. The van der Waals surface area contributed by atoms with E-state index in [1.54, 1.807) is 12.1 Å². The Bertz CT molecular complexity index is 683. The summed E-state index contributed by atoms with van der Waals surface area (Å²) < 4.78 is 0. The van der Waals surface area contributed by atoms with Crippen LogP contribution in [0.2, 0.25) is 0 Å². The van der Waals surface area contributed by atoms with E-state index in [4.69, 9.17) is 0 Å². The zero-order valence-electron chi connectivity index (χ0n) is 12.8. The maximum Gasteiger partial charge on any atom is 0.251 e. The smallest absolute Gasteiger partial charge is 0.251 e. The zero-order valence-corrected chi connectivity index (χ0v) is 12.8. The number of nitrogens with one attached hydrogen (secondary N) is 2. The van der Waals surface area contributed by atoms with Crippen molar-refractivity contribution in [1.29, 1.82) is 0 Å². The highest BCUT2D eigenvalue weighted by Gasteiger charge is 2.16. The lowest BCUT2D eigenvalue weighted by atomic mass is 10.1. The maximum absolute atomic E-state index is 12.0. The van der Waals surface area contributed by atoms with Gasteiger partial charge in [-0.25, -0.2) is 0 Å². The lowest BCUT2D eigenvalue weighted by Crippen LogP contribution is -2.47. The Morgan fingerprint density at radius 1 is 1.09 bits per heavy atom. The molecule has 2 N–H and O–H groups in total. The van der Waals surface area contributed by atoms with Crippen LogP contribution in [0.1, 0.15) is 15.9 Å². The molecule has 5 heteroatoms. The Kier molecular flexibility index (Phi) is 4.57. The Morgan fingerprint density at radius 2 is 1.83 bits per heavy atom. The number of hydrogen-bond donors (Lipinski definition) is 2. The average molecular weight is 309 g/mol. The van der Waals surface area contributed by atoms with Crippen molar-refractivity contribution < 1.29 is 9.59 Å². The molecule has 118 valence electrons. The number of rotatable bonds is 4. The van der Waals surface area contributed by atoms with Gasteiger partial charge >= 0.3 is 0 Å². The quantitative estimate of drug-likeness (QED) is 0.901. The molecule has 2 aromatic rings. The summed E-state index contributed by atoms with van der Waals surface area (Å²) >= 11 is 0. The highest BCUT2D eigenvalue weighted by Crippen LogP contribution is 2.16. The molecule has 0 bridgehead atoms. The number of benzene rings is 2. The lowest BCUT2D eigenvalue weighted by molar-refractivity contribution is -0.120. The second-order valence-electron chi connectivity index (χ2n) is 5.49. The fraction of sp³-hybridized carbons (Fsp3) is 0.222. The molecular weight excluding hydrogens is 290 g/mol. The molecule has 2 aromatic carbocycles. The van der Waals surface area contributed by atoms with Gasteiger partial charge in [0.05, 0.1) is 6.54 Å². The molecule has 0 aromatic heterocycles. The van der Waals surface area contributed by atoms with Crippen LogP contribution >= 0.6 is 0 Å². The first-order chi connectivity index (χ1) is 11.2. The summed E-state index contributed by atoms with van der Waals surface area (Å²) in [5, 5.41) is 5.72. The average Bonchev–Trinajstić information content (AvgIpc) is 2.61. The summed E-state index contributed by atoms with van der Waals surface area (Å²) in [4.78, 5) is 25.5. The minimum absolute atomic E-state index is 0.0513. The number of carbonyl (C=O) groups excluding carboxylic acids is 2. The maximum atomic E-state index is 12.0. The molecule has 1 heterocycles. The van der Waals surface area contributed by atoms with E-state index in [-0.39, 0.29) is 11.8 Å². The van der Waals surface area contributed by atoms with Gasteiger partial charge in [0.15, 0.2) is 0 Å². The Hall–Kier alpha value is -2.82. The summed E-state index contributed by atoms with van der Waals surface area (Å²) in [6.45, 7) is 2.36. The van der Waals surface area contributed by atoms with E-state index in [0.717, 1.165) is 17.8 Å². The van der Waals surface area contributed by atoms with E-state index in [2.05, 4.69) is 10.6 Å². The van der Waals surface area contributed by atoms with Gasteiger partial charge < -0.3 is 15.5 Å². The molecule has 1 aliphatic rings. The van der Waals surface area contributed by atoms with Gasteiger partial charge in [-0.1, -0.05) is 30.3 Å². The molecule has 0 unspecified atom stereocenters. The van der Waals surface area contributed by atoms with Gasteiger partial charge in [-0.15, -0.1) is 0 Å². The monoisotopic (exact) mass is 309 g/mol. The molecule has 23 heavy (non-hydrogen) atoms.